The second-order valence-electron chi connectivity index (χ2n) is 4.66. The van der Waals surface area contributed by atoms with Gasteiger partial charge in [0.05, 0.1) is 0 Å². The van der Waals surface area contributed by atoms with E-state index >= 15 is 0 Å². The van der Waals surface area contributed by atoms with Gasteiger partial charge in [-0.05, 0) is 41.1 Å². The second-order valence-corrected chi connectivity index (χ2v) is 5.58. The summed E-state index contributed by atoms with van der Waals surface area (Å²) in [6.07, 6.45) is 2.17. The summed E-state index contributed by atoms with van der Waals surface area (Å²) in [5.41, 5.74) is 2.76. The fraction of sp³-hybridized carbons (Fsp3) is 0.250. The molecule has 0 fully saturated rings. The predicted octanol–water partition coefficient (Wildman–Crippen LogP) is 3.86. The van der Waals surface area contributed by atoms with Gasteiger partial charge in [0.25, 0.3) is 0 Å². The molecule has 1 N–H and O–H groups in total. The standard InChI is InChI=1S/C16H18N2S/c1-2-17-10-14-6-5-9-18(14)11-13-12-19-16-8-4-3-7-15(13)16/h3-9,12,17H,2,10-11H2,1H3. The van der Waals surface area contributed by atoms with Crippen molar-refractivity contribution in [2.45, 2.75) is 20.0 Å². The first-order chi connectivity index (χ1) is 9.38. The molecule has 2 aromatic heterocycles. The molecule has 98 valence electrons. The van der Waals surface area contributed by atoms with Gasteiger partial charge in [-0.1, -0.05) is 25.1 Å². The van der Waals surface area contributed by atoms with Gasteiger partial charge in [0, 0.05) is 29.7 Å². The molecule has 2 nitrogen and oxygen atoms in total. The van der Waals surface area contributed by atoms with E-state index < -0.39 is 0 Å². The lowest BCUT2D eigenvalue weighted by Gasteiger charge is -2.09. The van der Waals surface area contributed by atoms with Gasteiger partial charge in [0.1, 0.15) is 0 Å². The van der Waals surface area contributed by atoms with Gasteiger partial charge < -0.3 is 9.88 Å². The number of fused-ring (bicyclic) bond motifs is 1. The fourth-order valence-electron chi connectivity index (χ4n) is 2.36. The zero-order chi connectivity index (χ0) is 13.1. The van der Waals surface area contributed by atoms with Crippen molar-refractivity contribution >= 4 is 21.4 Å². The van der Waals surface area contributed by atoms with E-state index in [0.717, 1.165) is 19.6 Å². The van der Waals surface area contributed by atoms with E-state index in [1.807, 2.05) is 11.3 Å². The molecular formula is C16H18N2S. The van der Waals surface area contributed by atoms with Gasteiger partial charge in [-0.15, -0.1) is 11.3 Å². The summed E-state index contributed by atoms with van der Waals surface area (Å²) in [5, 5.41) is 7.05. The first-order valence-corrected chi connectivity index (χ1v) is 7.56. The molecule has 0 radical (unpaired) electrons. The monoisotopic (exact) mass is 270 g/mol. The van der Waals surface area contributed by atoms with Gasteiger partial charge in [-0.25, -0.2) is 0 Å². The van der Waals surface area contributed by atoms with Crippen LogP contribution < -0.4 is 5.32 Å². The molecule has 0 aliphatic heterocycles. The number of hydrogen-bond acceptors (Lipinski definition) is 2. The minimum Gasteiger partial charge on any atom is -0.346 e. The molecule has 3 heteroatoms. The zero-order valence-electron chi connectivity index (χ0n) is 11.1. The first-order valence-electron chi connectivity index (χ1n) is 6.68. The Labute approximate surface area is 117 Å². The summed E-state index contributed by atoms with van der Waals surface area (Å²) in [4.78, 5) is 0. The summed E-state index contributed by atoms with van der Waals surface area (Å²) in [6, 6.07) is 13.0. The average Bonchev–Trinajstić information content (AvgIpc) is 3.05. The summed E-state index contributed by atoms with van der Waals surface area (Å²) < 4.78 is 3.70. The second kappa shape index (κ2) is 5.59. The van der Waals surface area contributed by atoms with Crippen molar-refractivity contribution in [3.8, 4) is 0 Å². The van der Waals surface area contributed by atoms with E-state index in [9.17, 15) is 0 Å². The number of nitrogens with zero attached hydrogens (tertiary/aromatic N) is 1. The first kappa shape index (κ1) is 12.5. The van der Waals surface area contributed by atoms with Crippen LogP contribution in [0.15, 0.2) is 48.0 Å². The van der Waals surface area contributed by atoms with Crippen LogP contribution >= 0.6 is 11.3 Å². The predicted molar refractivity (Wildman–Crippen MR) is 82.7 cm³/mol. The highest BCUT2D eigenvalue weighted by Crippen LogP contribution is 2.26. The summed E-state index contributed by atoms with van der Waals surface area (Å²) in [7, 11) is 0. The van der Waals surface area contributed by atoms with Crippen LogP contribution in [-0.4, -0.2) is 11.1 Å². The minimum atomic E-state index is 0.936. The Morgan fingerprint density at radius 3 is 2.95 bits per heavy atom. The molecule has 0 aliphatic rings. The van der Waals surface area contributed by atoms with E-state index in [1.54, 1.807) is 0 Å². The van der Waals surface area contributed by atoms with Gasteiger partial charge in [-0.3, -0.25) is 0 Å². The molecule has 1 aromatic carbocycles. The van der Waals surface area contributed by atoms with Crippen LogP contribution in [0.3, 0.4) is 0 Å². The molecule has 0 saturated heterocycles. The molecule has 0 saturated carbocycles. The highest BCUT2D eigenvalue weighted by Gasteiger charge is 2.06. The lowest BCUT2D eigenvalue weighted by atomic mass is 10.2. The van der Waals surface area contributed by atoms with Crippen molar-refractivity contribution in [1.82, 2.24) is 9.88 Å². The molecule has 0 atom stereocenters. The highest BCUT2D eigenvalue weighted by molar-refractivity contribution is 7.17. The van der Waals surface area contributed by atoms with Crippen molar-refractivity contribution in [1.29, 1.82) is 0 Å². The number of thiophene rings is 1. The third kappa shape index (κ3) is 2.57. The van der Waals surface area contributed by atoms with Crippen molar-refractivity contribution < 1.29 is 0 Å². The van der Waals surface area contributed by atoms with Crippen LogP contribution in [-0.2, 0) is 13.1 Å². The van der Waals surface area contributed by atoms with Crippen LogP contribution in [0.5, 0.6) is 0 Å². The SMILES string of the molecule is CCNCc1cccn1Cc1csc2ccccc12. The van der Waals surface area contributed by atoms with Crippen LogP contribution in [0.2, 0.25) is 0 Å². The van der Waals surface area contributed by atoms with Crippen molar-refractivity contribution in [3.63, 3.8) is 0 Å². The lowest BCUT2D eigenvalue weighted by Crippen LogP contribution is -2.15. The fourth-order valence-corrected chi connectivity index (χ4v) is 3.31. The molecule has 3 aromatic rings. The molecule has 0 bridgehead atoms. The maximum absolute atomic E-state index is 3.39. The van der Waals surface area contributed by atoms with Crippen LogP contribution in [0, 0.1) is 0 Å². The number of hydrogen-bond donors (Lipinski definition) is 1. The quantitative estimate of drug-likeness (QED) is 0.745. The lowest BCUT2D eigenvalue weighted by molar-refractivity contribution is 0.659. The van der Waals surface area contributed by atoms with E-state index in [-0.39, 0.29) is 0 Å². The van der Waals surface area contributed by atoms with Crippen LogP contribution in [0.1, 0.15) is 18.2 Å². The van der Waals surface area contributed by atoms with E-state index in [4.69, 9.17) is 0 Å². The summed E-state index contributed by atoms with van der Waals surface area (Å²) in [6.45, 7) is 5.04. The molecular weight excluding hydrogens is 252 g/mol. The van der Waals surface area contributed by atoms with Gasteiger partial charge in [-0.2, -0.15) is 0 Å². The van der Waals surface area contributed by atoms with Gasteiger partial charge in [0.15, 0.2) is 0 Å². The Hall–Kier alpha value is -1.58. The number of benzene rings is 1. The van der Waals surface area contributed by atoms with Crippen LogP contribution in [0.4, 0.5) is 0 Å². The zero-order valence-corrected chi connectivity index (χ0v) is 11.9. The molecule has 19 heavy (non-hydrogen) atoms. The van der Waals surface area contributed by atoms with Crippen molar-refractivity contribution in [2.75, 3.05) is 6.54 Å². The number of nitrogens with one attached hydrogen (secondary N) is 1. The van der Waals surface area contributed by atoms with Crippen molar-refractivity contribution in [2.24, 2.45) is 0 Å². The smallest absolute Gasteiger partial charge is 0.0487 e. The van der Waals surface area contributed by atoms with E-state index in [2.05, 4.69) is 64.8 Å². The maximum Gasteiger partial charge on any atom is 0.0487 e. The topological polar surface area (TPSA) is 17.0 Å². The molecule has 2 heterocycles. The third-order valence-corrected chi connectivity index (χ3v) is 4.39. The van der Waals surface area contributed by atoms with E-state index in [0.29, 0.717) is 0 Å². The summed E-state index contributed by atoms with van der Waals surface area (Å²) >= 11 is 1.83. The molecule has 0 unspecified atom stereocenters. The van der Waals surface area contributed by atoms with E-state index in [1.165, 1.54) is 21.3 Å². The normalized spacial score (nSPS) is 11.2. The Bertz CT molecular complexity index is 666. The number of aromatic nitrogens is 1. The Morgan fingerprint density at radius 2 is 2.05 bits per heavy atom. The number of rotatable bonds is 5. The molecule has 0 aliphatic carbocycles. The minimum absolute atomic E-state index is 0.936. The molecule has 0 spiro atoms. The Kier molecular flexibility index (Phi) is 3.67. The maximum atomic E-state index is 3.39. The average molecular weight is 270 g/mol. The Morgan fingerprint density at radius 1 is 1.16 bits per heavy atom. The van der Waals surface area contributed by atoms with Gasteiger partial charge in [0.2, 0.25) is 0 Å². The Balaban J connectivity index is 1.87. The highest BCUT2D eigenvalue weighted by atomic mass is 32.1. The van der Waals surface area contributed by atoms with Crippen molar-refractivity contribution in [3.05, 3.63) is 59.2 Å². The third-order valence-electron chi connectivity index (χ3n) is 3.38. The van der Waals surface area contributed by atoms with Crippen LogP contribution in [0.25, 0.3) is 10.1 Å². The summed E-state index contributed by atoms with van der Waals surface area (Å²) in [5.74, 6) is 0. The molecule has 0 amide bonds. The van der Waals surface area contributed by atoms with Gasteiger partial charge >= 0.3 is 0 Å². The largest absolute Gasteiger partial charge is 0.346 e. The molecule has 3 rings (SSSR count).